The van der Waals surface area contributed by atoms with Gasteiger partial charge in [0.25, 0.3) is 0 Å². The number of pyridine rings is 1. The standard InChI is InChI=1S/C15H23NO2S.C15H17NO2S.ClH/c2*1-15(2,3)13-6-5-12(19-13)11-9-10(7-8-16-11)14(17)18-4;/h5-6,10-11,16H,7-9H2,1-4H3;5-9H,1-4H3;1H. The van der Waals surface area contributed by atoms with Crippen molar-refractivity contribution in [3.05, 3.63) is 62.8 Å². The molecule has 0 amide bonds. The van der Waals surface area contributed by atoms with E-state index in [9.17, 15) is 9.59 Å². The van der Waals surface area contributed by atoms with E-state index in [1.54, 1.807) is 29.7 Å². The first-order valence-corrected chi connectivity index (χ1v) is 14.5. The van der Waals surface area contributed by atoms with E-state index in [2.05, 4.69) is 76.1 Å². The van der Waals surface area contributed by atoms with E-state index in [0.29, 0.717) is 11.6 Å². The van der Waals surface area contributed by atoms with Crippen molar-refractivity contribution < 1.29 is 19.1 Å². The summed E-state index contributed by atoms with van der Waals surface area (Å²) in [5.74, 6) is -0.369. The number of carbonyl (C=O) groups is 2. The second-order valence-electron chi connectivity index (χ2n) is 11.5. The lowest BCUT2D eigenvalue weighted by Crippen LogP contribution is -2.35. The van der Waals surface area contributed by atoms with Crippen molar-refractivity contribution in [3.63, 3.8) is 0 Å². The first-order chi connectivity index (χ1) is 17.8. The van der Waals surface area contributed by atoms with Gasteiger partial charge in [-0.1, -0.05) is 41.5 Å². The second kappa shape index (κ2) is 13.9. The van der Waals surface area contributed by atoms with Crippen molar-refractivity contribution in [1.82, 2.24) is 10.3 Å². The van der Waals surface area contributed by atoms with Gasteiger partial charge in [0.2, 0.25) is 0 Å². The Morgan fingerprint density at radius 1 is 0.923 bits per heavy atom. The molecule has 3 aromatic rings. The Morgan fingerprint density at radius 2 is 1.56 bits per heavy atom. The SMILES string of the molecule is COC(=O)C1CCNC(c2ccc(C(C)(C)C)s2)C1.COC(=O)c1ccnc(-c2ccc(C(C)(C)C)s2)c1.Cl. The van der Waals surface area contributed by atoms with Gasteiger partial charge in [0, 0.05) is 26.9 Å². The van der Waals surface area contributed by atoms with Crippen molar-refractivity contribution in [3.8, 4) is 10.6 Å². The molecule has 39 heavy (non-hydrogen) atoms. The molecule has 4 rings (SSSR count). The molecule has 1 aliphatic rings. The Kier molecular flexibility index (Phi) is 11.7. The van der Waals surface area contributed by atoms with Gasteiger partial charge >= 0.3 is 11.9 Å². The number of ether oxygens (including phenoxy) is 2. The monoisotopic (exact) mass is 592 g/mol. The van der Waals surface area contributed by atoms with Crippen LogP contribution >= 0.6 is 35.1 Å². The molecule has 0 aliphatic carbocycles. The van der Waals surface area contributed by atoms with Gasteiger partial charge in [-0.25, -0.2) is 4.79 Å². The first kappa shape index (κ1) is 32.9. The molecule has 1 aliphatic heterocycles. The number of methoxy groups -OCH3 is 2. The predicted molar refractivity (Wildman–Crippen MR) is 163 cm³/mol. The van der Waals surface area contributed by atoms with Gasteiger partial charge in [-0.2, -0.15) is 0 Å². The number of nitrogens with one attached hydrogen (secondary N) is 1. The van der Waals surface area contributed by atoms with E-state index < -0.39 is 0 Å². The average molecular weight is 593 g/mol. The number of thiophene rings is 2. The fourth-order valence-corrected chi connectivity index (χ4v) is 6.33. The molecular formula is C30H41ClN2O4S2. The topological polar surface area (TPSA) is 77.5 Å². The van der Waals surface area contributed by atoms with Crippen LogP contribution in [0.15, 0.2) is 42.6 Å². The summed E-state index contributed by atoms with van der Waals surface area (Å²) in [4.78, 5) is 32.6. The molecule has 0 saturated carbocycles. The van der Waals surface area contributed by atoms with Crippen LogP contribution in [-0.4, -0.2) is 37.7 Å². The summed E-state index contributed by atoms with van der Waals surface area (Å²) in [6, 6.07) is 12.3. The summed E-state index contributed by atoms with van der Waals surface area (Å²) in [6.07, 6.45) is 3.36. The van der Waals surface area contributed by atoms with E-state index in [1.807, 2.05) is 11.3 Å². The van der Waals surface area contributed by atoms with Crippen LogP contribution in [0.25, 0.3) is 10.6 Å². The minimum atomic E-state index is -0.337. The Hall–Kier alpha value is -2.26. The summed E-state index contributed by atoms with van der Waals surface area (Å²) in [5, 5.41) is 3.51. The van der Waals surface area contributed by atoms with Gasteiger partial charge in [0.05, 0.1) is 36.3 Å². The average Bonchev–Trinajstić information content (AvgIpc) is 3.59. The Morgan fingerprint density at radius 3 is 2.13 bits per heavy atom. The van der Waals surface area contributed by atoms with Gasteiger partial charge in [-0.15, -0.1) is 35.1 Å². The highest BCUT2D eigenvalue weighted by Crippen LogP contribution is 2.37. The number of hydrogen-bond acceptors (Lipinski definition) is 8. The number of nitrogens with zero attached hydrogens (tertiary/aromatic N) is 1. The number of rotatable bonds is 4. The molecule has 0 spiro atoms. The number of carbonyl (C=O) groups excluding carboxylic acids is 2. The molecule has 0 aromatic carbocycles. The van der Waals surface area contributed by atoms with E-state index in [-0.39, 0.29) is 41.1 Å². The Bertz CT molecular complexity index is 1240. The lowest BCUT2D eigenvalue weighted by Gasteiger charge is -2.28. The van der Waals surface area contributed by atoms with Gasteiger partial charge < -0.3 is 14.8 Å². The third-order valence-corrected chi connectivity index (χ3v) is 9.58. The smallest absolute Gasteiger partial charge is 0.337 e. The molecule has 1 N–H and O–H groups in total. The summed E-state index contributed by atoms with van der Waals surface area (Å²) in [7, 11) is 2.85. The van der Waals surface area contributed by atoms with Crippen molar-refractivity contribution in [1.29, 1.82) is 0 Å². The normalized spacial score (nSPS) is 17.3. The minimum absolute atomic E-state index is 0. The van der Waals surface area contributed by atoms with E-state index in [0.717, 1.165) is 30.0 Å². The largest absolute Gasteiger partial charge is 0.469 e. The molecule has 1 fully saturated rings. The van der Waals surface area contributed by atoms with Crippen molar-refractivity contribution >= 4 is 47.0 Å². The summed E-state index contributed by atoms with van der Waals surface area (Å²) in [6.45, 7) is 14.1. The molecule has 9 heteroatoms. The fourth-order valence-electron chi connectivity index (χ4n) is 4.15. The van der Waals surface area contributed by atoms with Crippen LogP contribution in [0.3, 0.4) is 0 Å². The maximum Gasteiger partial charge on any atom is 0.337 e. The molecule has 3 aromatic heterocycles. The summed E-state index contributed by atoms with van der Waals surface area (Å²) < 4.78 is 9.59. The zero-order chi connectivity index (χ0) is 28.1. The number of piperidine rings is 1. The van der Waals surface area contributed by atoms with Gasteiger partial charge in [-0.05, 0) is 66.6 Å². The van der Waals surface area contributed by atoms with Gasteiger partial charge in [-0.3, -0.25) is 9.78 Å². The van der Waals surface area contributed by atoms with Crippen molar-refractivity contribution in [2.24, 2.45) is 5.92 Å². The highest BCUT2D eigenvalue weighted by atomic mass is 35.5. The minimum Gasteiger partial charge on any atom is -0.469 e. The van der Waals surface area contributed by atoms with E-state index in [1.165, 1.54) is 28.9 Å². The third-order valence-electron chi connectivity index (χ3n) is 6.43. The Balaban J connectivity index is 0.000000267. The molecule has 4 heterocycles. The number of esters is 2. The second-order valence-corrected chi connectivity index (χ2v) is 13.7. The quantitative estimate of drug-likeness (QED) is 0.315. The van der Waals surface area contributed by atoms with Crippen LogP contribution in [0, 0.1) is 5.92 Å². The summed E-state index contributed by atoms with van der Waals surface area (Å²) in [5.41, 5.74) is 1.66. The van der Waals surface area contributed by atoms with Crippen LogP contribution in [0.5, 0.6) is 0 Å². The van der Waals surface area contributed by atoms with Crippen LogP contribution in [-0.2, 0) is 25.1 Å². The van der Waals surface area contributed by atoms with E-state index >= 15 is 0 Å². The summed E-state index contributed by atoms with van der Waals surface area (Å²) >= 11 is 3.56. The van der Waals surface area contributed by atoms with Crippen LogP contribution in [0.2, 0.25) is 0 Å². The van der Waals surface area contributed by atoms with Crippen LogP contribution in [0.4, 0.5) is 0 Å². The maximum atomic E-state index is 11.7. The fraction of sp³-hybridized carbons (Fsp3) is 0.500. The number of aromatic nitrogens is 1. The number of halogens is 1. The molecule has 2 unspecified atom stereocenters. The highest BCUT2D eigenvalue weighted by Gasteiger charge is 2.30. The zero-order valence-corrected chi connectivity index (χ0v) is 26.6. The molecule has 2 atom stereocenters. The maximum absolute atomic E-state index is 11.7. The molecule has 214 valence electrons. The van der Waals surface area contributed by atoms with Crippen LogP contribution in [0.1, 0.15) is 85.4 Å². The van der Waals surface area contributed by atoms with Gasteiger partial charge in [0.1, 0.15) is 0 Å². The molecule has 0 radical (unpaired) electrons. The lowest BCUT2D eigenvalue weighted by atomic mass is 9.91. The van der Waals surface area contributed by atoms with Crippen molar-refractivity contribution in [2.75, 3.05) is 20.8 Å². The molecule has 1 saturated heterocycles. The third kappa shape index (κ3) is 8.87. The van der Waals surface area contributed by atoms with Crippen molar-refractivity contribution in [2.45, 2.75) is 71.3 Å². The molecule has 0 bridgehead atoms. The first-order valence-electron chi connectivity index (χ1n) is 12.9. The molecule has 6 nitrogen and oxygen atoms in total. The van der Waals surface area contributed by atoms with Gasteiger partial charge in [0.15, 0.2) is 0 Å². The highest BCUT2D eigenvalue weighted by molar-refractivity contribution is 7.15. The zero-order valence-electron chi connectivity index (χ0n) is 24.1. The predicted octanol–water partition coefficient (Wildman–Crippen LogP) is 7.58. The van der Waals surface area contributed by atoms with Crippen LogP contribution < -0.4 is 5.32 Å². The number of hydrogen-bond donors (Lipinski definition) is 1. The molecular weight excluding hydrogens is 552 g/mol. The lowest BCUT2D eigenvalue weighted by molar-refractivity contribution is -0.146. The Labute approximate surface area is 247 Å². The van der Waals surface area contributed by atoms with E-state index in [4.69, 9.17) is 9.47 Å².